The highest BCUT2D eigenvalue weighted by Gasteiger charge is 2.22. The summed E-state index contributed by atoms with van der Waals surface area (Å²) in [6, 6.07) is 5.35. The predicted octanol–water partition coefficient (Wildman–Crippen LogP) is 0.714. The van der Waals surface area contributed by atoms with Crippen LogP contribution in [0.1, 0.15) is 19.4 Å². The Morgan fingerprint density at radius 1 is 1.47 bits per heavy atom. The predicted molar refractivity (Wildman–Crippen MR) is 68.9 cm³/mol. The summed E-state index contributed by atoms with van der Waals surface area (Å²) in [5.74, 6) is -1.15. The van der Waals surface area contributed by atoms with Crippen LogP contribution in [0.2, 0.25) is 0 Å². The highest BCUT2D eigenvalue weighted by atomic mass is 16.4. The van der Waals surface area contributed by atoms with Crippen LogP contribution in [0, 0.1) is 0 Å². The number of aromatic amines is 1. The first-order valence-electron chi connectivity index (χ1n) is 5.79. The molecule has 6 heteroatoms. The molecular formula is C13H14N2O4. The maximum Gasteiger partial charge on any atom is 0.417 e. The van der Waals surface area contributed by atoms with E-state index in [1.165, 1.54) is 0 Å². The van der Waals surface area contributed by atoms with E-state index in [2.05, 4.69) is 10.3 Å². The summed E-state index contributed by atoms with van der Waals surface area (Å²) < 4.78 is 5.00. The van der Waals surface area contributed by atoms with Gasteiger partial charge in [0.05, 0.1) is 5.52 Å². The maximum absolute atomic E-state index is 11.1. The van der Waals surface area contributed by atoms with E-state index < -0.39 is 11.7 Å². The third kappa shape index (κ3) is 2.73. The number of carbonyl (C=O) groups excluding carboxylic acids is 2. The van der Waals surface area contributed by atoms with E-state index in [9.17, 15) is 14.4 Å². The largest absolute Gasteiger partial charge is 0.417 e. The Morgan fingerprint density at radius 3 is 2.89 bits per heavy atom. The number of benzene rings is 1. The molecule has 0 aliphatic carbocycles. The van der Waals surface area contributed by atoms with E-state index in [1.54, 1.807) is 12.1 Å². The lowest BCUT2D eigenvalue weighted by Crippen LogP contribution is -2.37. The number of amides is 1. The fourth-order valence-corrected chi connectivity index (χ4v) is 1.82. The Bertz CT molecular complexity index is 681. The minimum atomic E-state index is -0.651. The molecule has 1 heterocycles. The van der Waals surface area contributed by atoms with Gasteiger partial charge in [-0.15, -0.1) is 0 Å². The highest BCUT2D eigenvalue weighted by molar-refractivity contribution is 6.23. The summed E-state index contributed by atoms with van der Waals surface area (Å²) in [5, 5.41) is 2.52. The second-order valence-corrected chi connectivity index (χ2v) is 4.94. The summed E-state index contributed by atoms with van der Waals surface area (Å²) in [6.45, 7) is 4.15. The molecule has 0 unspecified atom stereocenters. The molecule has 0 aliphatic rings. The molecule has 0 radical (unpaired) electrons. The first kappa shape index (κ1) is 13.1. The Labute approximate surface area is 108 Å². The number of rotatable bonds is 4. The molecule has 0 saturated heterocycles. The topological polar surface area (TPSA) is 92.2 Å². The van der Waals surface area contributed by atoms with Crippen LogP contribution in [0.3, 0.4) is 0 Å². The molecule has 0 spiro atoms. The van der Waals surface area contributed by atoms with Crippen LogP contribution < -0.4 is 11.1 Å². The van der Waals surface area contributed by atoms with Crippen molar-refractivity contribution in [2.75, 3.05) is 6.54 Å². The van der Waals surface area contributed by atoms with Crippen molar-refractivity contribution >= 4 is 23.3 Å². The molecular weight excluding hydrogens is 248 g/mol. The monoisotopic (exact) mass is 262 g/mol. The van der Waals surface area contributed by atoms with Gasteiger partial charge in [0.25, 0.3) is 5.91 Å². The molecule has 6 nitrogen and oxygen atoms in total. The average Bonchev–Trinajstić information content (AvgIpc) is 2.74. The van der Waals surface area contributed by atoms with Gasteiger partial charge < -0.3 is 9.73 Å². The van der Waals surface area contributed by atoms with Crippen molar-refractivity contribution in [3.63, 3.8) is 0 Å². The number of nitrogens with one attached hydrogen (secondary N) is 2. The normalized spacial score (nSPS) is 11.5. The molecule has 0 bridgehead atoms. The lowest BCUT2D eigenvalue weighted by Gasteiger charge is -2.25. The molecule has 19 heavy (non-hydrogen) atoms. The molecule has 2 N–H and O–H groups in total. The zero-order valence-electron chi connectivity index (χ0n) is 10.6. The molecule has 0 atom stereocenters. The molecule has 1 aromatic carbocycles. The van der Waals surface area contributed by atoms with E-state index >= 15 is 0 Å². The second-order valence-electron chi connectivity index (χ2n) is 4.94. The minimum Gasteiger partial charge on any atom is -0.408 e. The number of H-pyrrole nitrogens is 1. The van der Waals surface area contributed by atoms with Gasteiger partial charge >= 0.3 is 5.76 Å². The Morgan fingerprint density at radius 2 is 2.21 bits per heavy atom. The van der Waals surface area contributed by atoms with Gasteiger partial charge in [-0.25, -0.2) is 4.79 Å². The van der Waals surface area contributed by atoms with Crippen LogP contribution in [0.25, 0.3) is 11.1 Å². The van der Waals surface area contributed by atoms with Crippen molar-refractivity contribution in [1.29, 1.82) is 0 Å². The Kier molecular flexibility index (Phi) is 3.25. The standard InChI is InChI=1S/C13H14N2O4/c1-13(2,7-14-11(17)6-16)8-3-4-9-10(5-8)19-12(18)15-9/h3-6H,7H2,1-2H3,(H,14,17)(H,15,18). The zero-order valence-corrected chi connectivity index (χ0v) is 10.6. The van der Waals surface area contributed by atoms with Crippen molar-refractivity contribution in [3.8, 4) is 0 Å². The molecule has 1 aromatic heterocycles. The Balaban J connectivity index is 2.28. The first-order valence-corrected chi connectivity index (χ1v) is 5.79. The van der Waals surface area contributed by atoms with Gasteiger partial charge in [0.2, 0.25) is 6.29 Å². The number of hydrogen-bond acceptors (Lipinski definition) is 4. The van der Waals surface area contributed by atoms with Gasteiger partial charge in [0.15, 0.2) is 5.58 Å². The second kappa shape index (κ2) is 4.72. The van der Waals surface area contributed by atoms with Crippen LogP contribution in [-0.4, -0.2) is 23.7 Å². The number of oxazole rings is 1. The molecule has 2 rings (SSSR count). The summed E-state index contributed by atoms with van der Waals surface area (Å²) in [5.41, 5.74) is 1.61. The summed E-state index contributed by atoms with van der Waals surface area (Å²) in [7, 11) is 0. The van der Waals surface area contributed by atoms with Crippen molar-refractivity contribution in [3.05, 3.63) is 34.3 Å². The van der Waals surface area contributed by atoms with Gasteiger partial charge in [-0.3, -0.25) is 14.6 Å². The van der Waals surface area contributed by atoms with Crippen molar-refractivity contribution < 1.29 is 14.0 Å². The van der Waals surface area contributed by atoms with E-state index in [0.717, 1.165) is 5.56 Å². The molecule has 100 valence electrons. The maximum atomic E-state index is 11.1. The third-order valence-electron chi connectivity index (χ3n) is 3.01. The number of aldehydes is 1. The van der Waals surface area contributed by atoms with Gasteiger partial charge in [0.1, 0.15) is 0 Å². The van der Waals surface area contributed by atoms with Crippen LogP contribution >= 0.6 is 0 Å². The molecule has 2 aromatic rings. The Hall–Kier alpha value is -2.37. The summed E-state index contributed by atoms with van der Waals surface area (Å²) in [6.07, 6.45) is 0.241. The first-order chi connectivity index (χ1) is 8.92. The van der Waals surface area contributed by atoms with E-state index in [0.29, 0.717) is 17.6 Å². The SMILES string of the molecule is CC(C)(CNC(=O)C=O)c1ccc2[nH]c(=O)oc2c1. The lowest BCUT2D eigenvalue weighted by atomic mass is 9.84. The van der Waals surface area contributed by atoms with E-state index in [-0.39, 0.29) is 11.7 Å². The molecule has 0 saturated carbocycles. The number of fused-ring (bicyclic) bond motifs is 1. The summed E-state index contributed by atoms with van der Waals surface area (Å²) >= 11 is 0. The fraction of sp³-hybridized carbons (Fsp3) is 0.308. The molecule has 0 aliphatic heterocycles. The minimum absolute atomic E-state index is 0.241. The van der Waals surface area contributed by atoms with E-state index in [4.69, 9.17) is 4.42 Å². The lowest BCUT2D eigenvalue weighted by molar-refractivity contribution is -0.131. The van der Waals surface area contributed by atoms with Crippen LogP contribution in [0.4, 0.5) is 0 Å². The van der Waals surface area contributed by atoms with Gasteiger partial charge in [-0.05, 0) is 17.7 Å². The van der Waals surface area contributed by atoms with Gasteiger partial charge in [-0.1, -0.05) is 19.9 Å². The van der Waals surface area contributed by atoms with Crippen molar-refractivity contribution in [2.24, 2.45) is 0 Å². The fourth-order valence-electron chi connectivity index (χ4n) is 1.82. The number of aromatic nitrogens is 1. The van der Waals surface area contributed by atoms with Crippen LogP contribution in [0.15, 0.2) is 27.4 Å². The number of hydrogen-bond donors (Lipinski definition) is 2. The van der Waals surface area contributed by atoms with Crippen LogP contribution in [0.5, 0.6) is 0 Å². The van der Waals surface area contributed by atoms with Gasteiger partial charge in [-0.2, -0.15) is 0 Å². The number of carbonyl (C=O) groups is 2. The zero-order chi connectivity index (χ0) is 14.0. The third-order valence-corrected chi connectivity index (χ3v) is 3.01. The quantitative estimate of drug-likeness (QED) is 0.627. The van der Waals surface area contributed by atoms with Crippen LogP contribution in [-0.2, 0) is 15.0 Å². The molecule has 1 amide bonds. The highest BCUT2D eigenvalue weighted by Crippen LogP contribution is 2.25. The van der Waals surface area contributed by atoms with Crippen molar-refractivity contribution in [2.45, 2.75) is 19.3 Å². The molecule has 0 fully saturated rings. The summed E-state index contributed by atoms with van der Waals surface area (Å²) in [4.78, 5) is 34.9. The smallest absolute Gasteiger partial charge is 0.408 e. The van der Waals surface area contributed by atoms with E-state index in [1.807, 2.05) is 19.9 Å². The van der Waals surface area contributed by atoms with Crippen molar-refractivity contribution in [1.82, 2.24) is 10.3 Å². The average molecular weight is 262 g/mol. The van der Waals surface area contributed by atoms with Gasteiger partial charge in [0, 0.05) is 12.0 Å².